The largest absolute Gasteiger partial charge is 0.493 e. The highest BCUT2D eigenvalue weighted by atomic mass is 127. The Morgan fingerprint density at radius 3 is 2.56 bits per heavy atom. The maximum atomic E-state index is 13.1. The molecule has 0 saturated heterocycles. The molecule has 2 aromatic carbocycles. The molecular weight excluding hydrogens is 429 g/mol. The number of ether oxygens (including phenoxy) is 2. The maximum Gasteiger partial charge on any atom is 0.255 e. The lowest BCUT2D eigenvalue weighted by molar-refractivity contribution is 0.0699. The quantitative estimate of drug-likeness (QED) is 0.518. The fraction of sp³-hybridized carbons (Fsp3) is 0.250. The molecule has 5 heteroatoms. The van der Waals surface area contributed by atoms with Crippen LogP contribution in [0.1, 0.15) is 27.5 Å². The second-order valence-corrected chi connectivity index (χ2v) is 6.98. The summed E-state index contributed by atoms with van der Waals surface area (Å²) in [6, 6.07) is 11.4. The van der Waals surface area contributed by atoms with Gasteiger partial charge in [0.25, 0.3) is 5.91 Å². The van der Waals surface area contributed by atoms with Gasteiger partial charge in [-0.2, -0.15) is 0 Å². The molecule has 1 atom stereocenters. The Balaban J connectivity index is 2.02. The van der Waals surface area contributed by atoms with Gasteiger partial charge < -0.3 is 14.4 Å². The minimum absolute atomic E-state index is 0.0235. The van der Waals surface area contributed by atoms with E-state index in [1.165, 1.54) is 0 Å². The monoisotopic (exact) mass is 449 g/mol. The lowest BCUT2D eigenvalue weighted by atomic mass is 9.91. The highest BCUT2D eigenvalue weighted by Crippen LogP contribution is 2.39. The van der Waals surface area contributed by atoms with Crippen LogP contribution in [0.4, 0.5) is 0 Å². The minimum Gasteiger partial charge on any atom is -0.493 e. The summed E-state index contributed by atoms with van der Waals surface area (Å²) in [4.78, 5) is 15.0. The first-order valence-corrected chi connectivity index (χ1v) is 9.11. The Kier molecular flexibility index (Phi) is 5.32. The molecule has 3 rings (SSSR count). The molecule has 0 radical (unpaired) electrons. The Bertz CT molecular complexity index is 819. The van der Waals surface area contributed by atoms with Crippen molar-refractivity contribution >= 4 is 28.5 Å². The SMILES string of the molecule is C=CC1c2cc(OC)c(OC)cc2CCN1C(=O)c1ccccc1I. The van der Waals surface area contributed by atoms with Gasteiger partial charge in [0.15, 0.2) is 11.5 Å². The van der Waals surface area contributed by atoms with Crippen LogP contribution < -0.4 is 9.47 Å². The van der Waals surface area contributed by atoms with Gasteiger partial charge in [0.2, 0.25) is 0 Å². The first-order valence-electron chi connectivity index (χ1n) is 8.03. The summed E-state index contributed by atoms with van der Waals surface area (Å²) in [6.07, 6.45) is 2.59. The van der Waals surface area contributed by atoms with Gasteiger partial charge in [-0.15, -0.1) is 6.58 Å². The van der Waals surface area contributed by atoms with Gasteiger partial charge in [-0.3, -0.25) is 4.79 Å². The van der Waals surface area contributed by atoms with E-state index < -0.39 is 0 Å². The molecule has 130 valence electrons. The molecule has 1 heterocycles. The number of rotatable bonds is 4. The predicted octanol–water partition coefficient (Wildman–Crippen LogP) is 4.23. The molecule has 25 heavy (non-hydrogen) atoms. The Morgan fingerprint density at radius 1 is 1.24 bits per heavy atom. The van der Waals surface area contributed by atoms with Crippen LogP contribution in [-0.4, -0.2) is 31.6 Å². The van der Waals surface area contributed by atoms with Gasteiger partial charge in [0, 0.05) is 10.1 Å². The van der Waals surface area contributed by atoms with Crippen molar-refractivity contribution in [2.45, 2.75) is 12.5 Å². The molecule has 0 aliphatic carbocycles. The first kappa shape index (κ1) is 17.8. The van der Waals surface area contributed by atoms with E-state index >= 15 is 0 Å². The smallest absolute Gasteiger partial charge is 0.255 e. The van der Waals surface area contributed by atoms with Crippen LogP contribution in [0.25, 0.3) is 0 Å². The van der Waals surface area contributed by atoms with Crippen molar-refractivity contribution in [2.75, 3.05) is 20.8 Å². The third kappa shape index (κ3) is 3.25. The summed E-state index contributed by atoms with van der Waals surface area (Å²) in [5.74, 6) is 1.40. The van der Waals surface area contributed by atoms with E-state index in [0.29, 0.717) is 18.0 Å². The average Bonchev–Trinajstić information content (AvgIpc) is 2.65. The molecule has 2 aromatic rings. The second-order valence-electron chi connectivity index (χ2n) is 5.81. The predicted molar refractivity (Wildman–Crippen MR) is 106 cm³/mol. The normalized spacial score (nSPS) is 16.1. The van der Waals surface area contributed by atoms with Crippen molar-refractivity contribution in [1.29, 1.82) is 0 Å². The van der Waals surface area contributed by atoms with Crippen molar-refractivity contribution in [3.8, 4) is 11.5 Å². The number of halogens is 1. The van der Waals surface area contributed by atoms with Crippen molar-refractivity contribution in [3.63, 3.8) is 0 Å². The van der Waals surface area contributed by atoms with E-state index in [0.717, 1.165) is 26.7 Å². The summed E-state index contributed by atoms with van der Waals surface area (Å²) in [5.41, 5.74) is 2.92. The van der Waals surface area contributed by atoms with E-state index in [2.05, 4.69) is 29.2 Å². The van der Waals surface area contributed by atoms with E-state index in [4.69, 9.17) is 9.47 Å². The lowest BCUT2D eigenvalue weighted by Crippen LogP contribution is -2.39. The fourth-order valence-corrected chi connectivity index (χ4v) is 3.87. The van der Waals surface area contributed by atoms with Gasteiger partial charge >= 0.3 is 0 Å². The Morgan fingerprint density at radius 2 is 1.92 bits per heavy atom. The molecule has 0 spiro atoms. The van der Waals surface area contributed by atoms with E-state index in [9.17, 15) is 4.79 Å². The third-order valence-corrected chi connectivity index (χ3v) is 5.45. The first-order chi connectivity index (χ1) is 12.1. The molecular formula is C20H20INO3. The van der Waals surface area contributed by atoms with Crippen LogP contribution >= 0.6 is 22.6 Å². The van der Waals surface area contributed by atoms with E-state index in [-0.39, 0.29) is 11.9 Å². The average molecular weight is 449 g/mol. The molecule has 4 nitrogen and oxygen atoms in total. The van der Waals surface area contributed by atoms with Crippen LogP contribution in [0.3, 0.4) is 0 Å². The highest BCUT2D eigenvalue weighted by Gasteiger charge is 2.31. The van der Waals surface area contributed by atoms with Crippen molar-refractivity contribution in [2.24, 2.45) is 0 Å². The van der Waals surface area contributed by atoms with Gasteiger partial charge in [0.1, 0.15) is 0 Å². The maximum absolute atomic E-state index is 13.1. The minimum atomic E-state index is -0.188. The number of hydrogen-bond donors (Lipinski definition) is 0. The summed E-state index contributed by atoms with van der Waals surface area (Å²) >= 11 is 2.20. The number of carbonyl (C=O) groups excluding carboxylic acids is 1. The molecule has 0 fully saturated rings. The molecule has 0 bridgehead atoms. The number of benzene rings is 2. The molecule has 0 saturated carbocycles. The zero-order valence-electron chi connectivity index (χ0n) is 14.3. The van der Waals surface area contributed by atoms with Crippen LogP contribution in [0.2, 0.25) is 0 Å². The molecule has 1 unspecified atom stereocenters. The van der Waals surface area contributed by atoms with Crippen molar-refractivity contribution in [1.82, 2.24) is 4.90 Å². The van der Waals surface area contributed by atoms with Crippen molar-refractivity contribution in [3.05, 3.63) is 69.3 Å². The molecule has 1 aliphatic heterocycles. The lowest BCUT2D eigenvalue weighted by Gasteiger charge is -2.36. The standard InChI is InChI=1S/C20H20INO3/c1-4-17-15-12-19(25-3)18(24-2)11-13(15)9-10-22(17)20(23)14-7-5-6-8-16(14)21/h4-8,11-12,17H,1,9-10H2,2-3H3. The number of hydrogen-bond acceptors (Lipinski definition) is 3. The number of fused-ring (bicyclic) bond motifs is 1. The number of carbonyl (C=O) groups is 1. The van der Waals surface area contributed by atoms with Crippen molar-refractivity contribution < 1.29 is 14.3 Å². The summed E-state index contributed by atoms with van der Waals surface area (Å²) < 4.78 is 11.8. The second kappa shape index (κ2) is 7.47. The molecule has 0 aromatic heterocycles. The van der Waals surface area contributed by atoms with Gasteiger partial charge in [0.05, 0.1) is 25.8 Å². The van der Waals surface area contributed by atoms with Crippen LogP contribution in [0.15, 0.2) is 49.1 Å². The van der Waals surface area contributed by atoms with Gasteiger partial charge in [-0.25, -0.2) is 0 Å². The number of nitrogens with zero attached hydrogens (tertiary/aromatic N) is 1. The van der Waals surface area contributed by atoms with E-state index in [1.807, 2.05) is 47.4 Å². The zero-order chi connectivity index (χ0) is 18.0. The number of amides is 1. The zero-order valence-corrected chi connectivity index (χ0v) is 16.4. The molecule has 1 aliphatic rings. The Hall–Kier alpha value is -2.02. The van der Waals surface area contributed by atoms with E-state index in [1.54, 1.807) is 14.2 Å². The van der Waals surface area contributed by atoms with Gasteiger partial charge in [-0.05, 0) is 64.4 Å². The number of methoxy groups -OCH3 is 2. The van der Waals surface area contributed by atoms with Gasteiger partial charge in [-0.1, -0.05) is 18.2 Å². The fourth-order valence-electron chi connectivity index (χ4n) is 3.25. The Labute approximate surface area is 161 Å². The van der Waals surface area contributed by atoms with Crippen LogP contribution in [0, 0.1) is 3.57 Å². The highest BCUT2D eigenvalue weighted by molar-refractivity contribution is 14.1. The summed E-state index contributed by atoms with van der Waals surface area (Å²) in [7, 11) is 3.25. The molecule has 0 N–H and O–H groups in total. The summed E-state index contributed by atoms with van der Waals surface area (Å²) in [5, 5.41) is 0. The third-order valence-electron chi connectivity index (χ3n) is 4.51. The summed E-state index contributed by atoms with van der Waals surface area (Å²) in [6.45, 7) is 4.60. The molecule has 1 amide bonds. The van der Waals surface area contributed by atoms with Crippen LogP contribution in [0.5, 0.6) is 11.5 Å². The topological polar surface area (TPSA) is 38.8 Å². The van der Waals surface area contributed by atoms with Crippen LogP contribution in [-0.2, 0) is 6.42 Å².